The fourth-order valence-corrected chi connectivity index (χ4v) is 6.92. The molecule has 2 aromatic rings. The topological polar surface area (TPSA) is 80.8 Å². The predicted octanol–water partition coefficient (Wildman–Crippen LogP) is 4.51. The summed E-state index contributed by atoms with van der Waals surface area (Å²) in [7, 11) is 4.68. The summed E-state index contributed by atoms with van der Waals surface area (Å²) < 4.78 is 22.2. The maximum atomic E-state index is 14.1. The van der Waals surface area contributed by atoms with Crippen LogP contribution in [0.25, 0.3) is 0 Å². The first-order valence-corrected chi connectivity index (χ1v) is 15.6. The van der Waals surface area contributed by atoms with Crippen LogP contribution in [0, 0.1) is 17.3 Å². The third kappa shape index (κ3) is 6.89. The molecule has 4 aliphatic rings. The Hall–Kier alpha value is -3.56. The first-order valence-electron chi connectivity index (χ1n) is 15.6. The molecule has 2 bridgehead atoms. The van der Waals surface area contributed by atoms with E-state index in [1.165, 1.54) is 12.0 Å². The number of ether oxygens (including phenoxy) is 4. The number of methoxy groups -OCH3 is 3. The molecule has 0 aromatic heterocycles. The van der Waals surface area contributed by atoms with Crippen molar-refractivity contribution < 1.29 is 28.5 Å². The van der Waals surface area contributed by atoms with Gasteiger partial charge < -0.3 is 28.7 Å². The van der Waals surface area contributed by atoms with E-state index >= 15 is 0 Å². The van der Waals surface area contributed by atoms with Crippen molar-refractivity contribution in [3.63, 3.8) is 0 Å². The van der Waals surface area contributed by atoms with Gasteiger partial charge in [-0.1, -0.05) is 55.8 Å². The van der Waals surface area contributed by atoms with Crippen molar-refractivity contribution in [1.82, 2.24) is 14.7 Å². The molecule has 1 heterocycles. The number of amides is 2. The summed E-state index contributed by atoms with van der Waals surface area (Å²) in [6, 6.07) is 13.4. The first-order chi connectivity index (χ1) is 21.2. The minimum Gasteiger partial charge on any atom is -0.493 e. The second-order valence-corrected chi connectivity index (χ2v) is 12.7. The molecular weight excluding hydrogens is 558 g/mol. The van der Waals surface area contributed by atoms with Crippen LogP contribution in [-0.4, -0.2) is 100 Å². The number of piperazine rings is 1. The van der Waals surface area contributed by atoms with E-state index < -0.39 is 0 Å². The van der Waals surface area contributed by atoms with Crippen LogP contribution >= 0.6 is 0 Å². The molecule has 2 fully saturated rings. The Kier molecular flexibility index (Phi) is 10.2. The average Bonchev–Trinajstić information content (AvgIpc) is 3.06. The van der Waals surface area contributed by atoms with Crippen LogP contribution in [0.2, 0.25) is 0 Å². The molecule has 0 radical (unpaired) electrons. The van der Waals surface area contributed by atoms with E-state index in [9.17, 15) is 9.59 Å². The smallest absolute Gasteiger partial charge is 0.254 e. The van der Waals surface area contributed by atoms with Gasteiger partial charge in [0, 0.05) is 51.4 Å². The largest absolute Gasteiger partial charge is 0.493 e. The van der Waals surface area contributed by atoms with Crippen molar-refractivity contribution in [2.45, 2.75) is 33.3 Å². The number of hydrogen-bond donors (Lipinski definition) is 0. The normalized spacial score (nSPS) is 20.8. The van der Waals surface area contributed by atoms with E-state index in [2.05, 4.69) is 24.8 Å². The third-order valence-electron chi connectivity index (χ3n) is 9.90. The maximum absolute atomic E-state index is 14.1. The predicted molar refractivity (Wildman–Crippen MR) is 169 cm³/mol. The molecule has 3 aliphatic carbocycles. The van der Waals surface area contributed by atoms with Crippen LogP contribution in [0.5, 0.6) is 17.2 Å². The van der Waals surface area contributed by atoms with Gasteiger partial charge in [-0.2, -0.15) is 0 Å². The van der Waals surface area contributed by atoms with E-state index in [4.69, 9.17) is 18.9 Å². The van der Waals surface area contributed by atoms with Crippen LogP contribution in [0.15, 0.2) is 54.1 Å². The van der Waals surface area contributed by atoms with Gasteiger partial charge in [0.05, 0.1) is 27.9 Å². The monoisotopic (exact) mass is 605 g/mol. The summed E-state index contributed by atoms with van der Waals surface area (Å²) in [5, 5.41) is 0. The molecule has 238 valence electrons. The van der Waals surface area contributed by atoms with Crippen molar-refractivity contribution in [2.75, 3.05) is 73.7 Å². The molecule has 6 rings (SSSR count). The molecular formula is C35H47N3O6. The van der Waals surface area contributed by atoms with E-state index in [-0.39, 0.29) is 23.8 Å². The first kappa shape index (κ1) is 31.9. The van der Waals surface area contributed by atoms with Gasteiger partial charge in [-0.3, -0.25) is 14.5 Å². The van der Waals surface area contributed by atoms with Crippen molar-refractivity contribution in [3.8, 4) is 17.2 Å². The quantitative estimate of drug-likeness (QED) is 0.311. The van der Waals surface area contributed by atoms with Gasteiger partial charge in [0.2, 0.25) is 11.7 Å². The minimum atomic E-state index is -0.0613. The Bertz CT molecular complexity index is 1310. The molecule has 2 unspecified atom stereocenters. The summed E-state index contributed by atoms with van der Waals surface area (Å²) in [6.45, 7) is 9.96. The second kappa shape index (κ2) is 14.0. The van der Waals surface area contributed by atoms with Crippen LogP contribution in [-0.2, 0) is 16.1 Å². The second-order valence-electron chi connectivity index (χ2n) is 12.7. The van der Waals surface area contributed by atoms with E-state index in [0.717, 1.165) is 37.5 Å². The Morgan fingerprint density at radius 2 is 1.64 bits per heavy atom. The van der Waals surface area contributed by atoms with Gasteiger partial charge in [-0.15, -0.1) is 0 Å². The molecule has 0 N–H and O–H groups in total. The summed E-state index contributed by atoms with van der Waals surface area (Å²) in [4.78, 5) is 33.1. The fourth-order valence-electron chi connectivity index (χ4n) is 6.92. The lowest BCUT2D eigenvalue weighted by atomic mass is 9.49. The molecule has 1 saturated carbocycles. The number of carbonyl (C=O) groups excluding carboxylic acids is 2. The highest BCUT2D eigenvalue weighted by atomic mass is 16.5. The highest BCUT2D eigenvalue weighted by Gasteiger charge is 2.51. The lowest BCUT2D eigenvalue weighted by Crippen LogP contribution is -2.52. The molecule has 2 atom stereocenters. The summed E-state index contributed by atoms with van der Waals surface area (Å²) >= 11 is 0. The van der Waals surface area contributed by atoms with Crippen LogP contribution in [0.1, 0.15) is 42.6 Å². The van der Waals surface area contributed by atoms with Crippen LogP contribution in [0.3, 0.4) is 0 Å². The Morgan fingerprint density at radius 1 is 0.955 bits per heavy atom. The summed E-state index contributed by atoms with van der Waals surface area (Å²) in [6.07, 6.45) is 4.65. The molecule has 9 heteroatoms. The summed E-state index contributed by atoms with van der Waals surface area (Å²) in [5.41, 5.74) is 3.20. The van der Waals surface area contributed by atoms with Crippen molar-refractivity contribution in [1.29, 1.82) is 0 Å². The zero-order valence-electron chi connectivity index (χ0n) is 26.8. The highest BCUT2D eigenvalue weighted by Crippen LogP contribution is 2.59. The van der Waals surface area contributed by atoms with Gasteiger partial charge in [-0.05, 0) is 47.8 Å². The summed E-state index contributed by atoms with van der Waals surface area (Å²) in [5.74, 6) is 2.59. The number of carbonyl (C=O) groups is 2. The lowest BCUT2D eigenvalue weighted by Gasteiger charge is -2.57. The van der Waals surface area contributed by atoms with Gasteiger partial charge in [0.1, 0.15) is 6.61 Å². The van der Waals surface area contributed by atoms with Gasteiger partial charge in [-0.25, -0.2) is 0 Å². The van der Waals surface area contributed by atoms with Gasteiger partial charge in [0.15, 0.2) is 11.5 Å². The Labute approximate surface area is 261 Å². The van der Waals surface area contributed by atoms with E-state index in [0.29, 0.717) is 61.5 Å². The standard InChI is InChI=1S/C35H47N3O6/c1-35(2)28-12-11-26(29(35)21-28)22-38(34(40)27-19-30(41-3)33(43-5)31(20-27)42-4)18-15-36-13-16-37(17-14-36)32(39)24-44-23-25-9-7-6-8-10-25/h6-11,19-20,28-29H,12-18,21-24H2,1-5H3. The molecule has 9 nitrogen and oxygen atoms in total. The van der Waals surface area contributed by atoms with Gasteiger partial charge >= 0.3 is 0 Å². The van der Waals surface area contributed by atoms with E-state index in [1.807, 2.05) is 40.1 Å². The molecule has 1 aliphatic heterocycles. The van der Waals surface area contributed by atoms with Crippen LogP contribution in [0.4, 0.5) is 0 Å². The fraction of sp³-hybridized carbons (Fsp3) is 0.543. The van der Waals surface area contributed by atoms with Crippen molar-refractivity contribution in [2.24, 2.45) is 17.3 Å². The van der Waals surface area contributed by atoms with E-state index in [1.54, 1.807) is 33.5 Å². The maximum Gasteiger partial charge on any atom is 0.254 e. The molecule has 0 spiro atoms. The van der Waals surface area contributed by atoms with Crippen molar-refractivity contribution in [3.05, 3.63) is 65.2 Å². The number of nitrogens with zero attached hydrogens (tertiary/aromatic N) is 3. The molecule has 2 amide bonds. The van der Waals surface area contributed by atoms with Crippen LogP contribution < -0.4 is 14.2 Å². The highest BCUT2D eigenvalue weighted by molar-refractivity contribution is 5.96. The Morgan fingerprint density at radius 3 is 2.23 bits per heavy atom. The minimum absolute atomic E-state index is 0.0189. The zero-order chi connectivity index (χ0) is 31.3. The molecule has 44 heavy (non-hydrogen) atoms. The van der Waals surface area contributed by atoms with Crippen molar-refractivity contribution >= 4 is 11.8 Å². The molecule has 2 aromatic carbocycles. The SMILES string of the molecule is COc1cc(C(=O)N(CCN2CCN(C(=O)COCc3ccccc3)CC2)CC2=CCC3CC2C3(C)C)cc(OC)c1OC. The Balaban J connectivity index is 1.21. The number of rotatable bonds is 13. The number of benzene rings is 2. The number of fused-ring (bicyclic) bond motifs is 1. The zero-order valence-corrected chi connectivity index (χ0v) is 26.8. The lowest BCUT2D eigenvalue weighted by molar-refractivity contribution is -0.138. The van der Waals surface area contributed by atoms with Gasteiger partial charge in [0.25, 0.3) is 5.91 Å². The number of hydrogen-bond acceptors (Lipinski definition) is 7. The third-order valence-corrected chi connectivity index (χ3v) is 9.90. The number of allylic oxidation sites excluding steroid dienone is 1. The molecule has 1 saturated heterocycles. The average molecular weight is 606 g/mol.